The zero-order chi connectivity index (χ0) is 21.7. The van der Waals surface area contributed by atoms with E-state index in [1.54, 1.807) is 34.8 Å². The summed E-state index contributed by atoms with van der Waals surface area (Å²) in [7, 11) is 0. The summed E-state index contributed by atoms with van der Waals surface area (Å²) in [5, 5.41) is 4.62. The Hall–Kier alpha value is -3.41. The third-order valence-electron chi connectivity index (χ3n) is 4.69. The standard InChI is InChI=1S/C24H27N3O3/c1-5-30-24(29)21-16-26(15-19-9-7-6-8-10-19)25-22(21)27(17(2)3)23(28)20-13-11-18(4)12-14-20/h6-14,16-17H,5,15H2,1-4H3. The van der Waals surface area contributed by atoms with Crippen molar-refractivity contribution in [3.8, 4) is 0 Å². The summed E-state index contributed by atoms with van der Waals surface area (Å²) < 4.78 is 6.91. The molecule has 0 saturated heterocycles. The van der Waals surface area contributed by atoms with Crippen molar-refractivity contribution in [2.45, 2.75) is 40.3 Å². The smallest absolute Gasteiger partial charge is 0.343 e. The van der Waals surface area contributed by atoms with Crippen LogP contribution in [0.4, 0.5) is 5.82 Å². The number of aryl methyl sites for hydroxylation is 1. The normalized spacial score (nSPS) is 10.8. The number of carbonyl (C=O) groups is 2. The number of amides is 1. The van der Waals surface area contributed by atoms with Crippen LogP contribution in [0.2, 0.25) is 0 Å². The van der Waals surface area contributed by atoms with Gasteiger partial charge in [-0.25, -0.2) is 4.79 Å². The molecule has 0 aliphatic rings. The Balaban J connectivity index is 2.03. The molecular weight excluding hydrogens is 378 g/mol. The monoisotopic (exact) mass is 405 g/mol. The van der Waals surface area contributed by atoms with Crippen molar-refractivity contribution in [2.75, 3.05) is 11.5 Å². The third-order valence-corrected chi connectivity index (χ3v) is 4.69. The van der Waals surface area contributed by atoms with Crippen LogP contribution in [-0.4, -0.2) is 34.3 Å². The van der Waals surface area contributed by atoms with Crippen LogP contribution in [0.1, 0.15) is 52.6 Å². The fraction of sp³-hybridized carbons (Fsp3) is 0.292. The SMILES string of the molecule is CCOC(=O)c1cn(Cc2ccccc2)nc1N(C(=O)c1ccc(C)cc1)C(C)C. The molecule has 3 aromatic rings. The average Bonchev–Trinajstić information content (AvgIpc) is 3.12. The molecule has 0 saturated carbocycles. The van der Waals surface area contributed by atoms with E-state index in [-0.39, 0.29) is 24.1 Å². The largest absolute Gasteiger partial charge is 0.462 e. The summed E-state index contributed by atoms with van der Waals surface area (Å²) in [5.74, 6) is -0.389. The first kappa shape index (κ1) is 21.3. The van der Waals surface area contributed by atoms with E-state index in [0.717, 1.165) is 11.1 Å². The zero-order valence-electron chi connectivity index (χ0n) is 17.8. The molecular formula is C24H27N3O3. The minimum absolute atomic E-state index is 0.202. The third kappa shape index (κ3) is 4.76. The molecule has 0 aliphatic heterocycles. The molecule has 0 spiro atoms. The van der Waals surface area contributed by atoms with Gasteiger partial charge >= 0.3 is 5.97 Å². The van der Waals surface area contributed by atoms with E-state index in [9.17, 15) is 9.59 Å². The molecule has 6 heteroatoms. The highest BCUT2D eigenvalue weighted by Crippen LogP contribution is 2.25. The Morgan fingerprint density at radius 2 is 1.73 bits per heavy atom. The molecule has 1 aromatic heterocycles. The summed E-state index contributed by atoms with van der Waals surface area (Å²) in [6, 6.07) is 17.0. The topological polar surface area (TPSA) is 64.4 Å². The van der Waals surface area contributed by atoms with Crippen molar-refractivity contribution in [2.24, 2.45) is 0 Å². The Morgan fingerprint density at radius 1 is 1.07 bits per heavy atom. The maximum absolute atomic E-state index is 13.3. The Bertz CT molecular complexity index is 1010. The lowest BCUT2D eigenvalue weighted by molar-refractivity contribution is 0.0527. The Morgan fingerprint density at radius 3 is 2.33 bits per heavy atom. The van der Waals surface area contributed by atoms with Crippen LogP contribution in [0.25, 0.3) is 0 Å². The van der Waals surface area contributed by atoms with Crippen LogP contribution in [0.3, 0.4) is 0 Å². The van der Waals surface area contributed by atoms with E-state index in [2.05, 4.69) is 5.10 Å². The van der Waals surface area contributed by atoms with Gasteiger partial charge in [-0.15, -0.1) is 0 Å². The van der Waals surface area contributed by atoms with Gasteiger partial charge in [-0.05, 0) is 45.4 Å². The van der Waals surface area contributed by atoms with Gasteiger partial charge in [0.2, 0.25) is 0 Å². The molecule has 1 heterocycles. The van der Waals surface area contributed by atoms with E-state index >= 15 is 0 Å². The van der Waals surface area contributed by atoms with Gasteiger partial charge in [0.1, 0.15) is 5.56 Å². The number of benzene rings is 2. The second kappa shape index (κ2) is 9.39. The number of hydrogen-bond donors (Lipinski definition) is 0. The van der Waals surface area contributed by atoms with Crippen LogP contribution in [-0.2, 0) is 11.3 Å². The number of esters is 1. The zero-order valence-corrected chi connectivity index (χ0v) is 17.8. The molecule has 0 N–H and O–H groups in total. The first-order chi connectivity index (χ1) is 14.4. The van der Waals surface area contributed by atoms with Gasteiger partial charge in [-0.1, -0.05) is 48.0 Å². The summed E-state index contributed by atoms with van der Waals surface area (Å²) in [6.07, 6.45) is 1.65. The van der Waals surface area contributed by atoms with E-state index in [1.165, 1.54) is 0 Å². The first-order valence-corrected chi connectivity index (χ1v) is 10.1. The molecule has 0 fully saturated rings. The number of hydrogen-bond acceptors (Lipinski definition) is 4. The first-order valence-electron chi connectivity index (χ1n) is 10.1. The molecule has 0 radical (unpaired) electrons. The van der Waals surface area contributed by atoms with E-state index < -0.39 is 5.97 Å². The molecule has 156 valence electrons. The molecule has 0 bridgehead atoms. The lowest BCUT2D eigenvalue weighted by atomic mass is 10.1. The van der Waals surface area contributed by atoms with Crippen molar-refractivity contribution < 1.29 is 14.3 Å². The molecule has 1 amide bonds. The van der Waals surface area contributed by atoms with Gasteiger partial charge in [0, 0.05) is 17.8 Å². The minimum Gasteiger partial charge on any atom is -0.462 e. The molecule has 2 aromatic carbocycles. The number of nitrogens with zero attached hydrogens (tertiary/aromatic N) is 3. The van der Waals surface area contributed by atoms with Gasteiger partial charge < -0.3 is 4.74 Å². The summed E-state index contributed by atoms with van der Waals surface area (Å²) >= 11 is 0. The Labute approximate surface area is 177 Å². The van der Waals surface area contributed by atoms with Crippen LogP contribution in [0, 0.1) is 6.92 Å². The lowest BCUT2D eigenvalue weighted by Crippen LogP contribution is -2.38. The predicted octanol–water partition coefficient (Wildman–Crippen LogP) is 4.47. The molecule has 0 atom stereocenters. The van der Waals surface area contributed by atoms with Gasteiger partial charge in [0.15, 0.2) is 5.82 Å². The van der Waals surface area contributed by atoms with Gasteiger partial charge in [-0.2, -0.15) is 5.10 Å². The quantitative estimate of drug-likeness (QED) is 0.544. The van der Waals surface area contributed by atoms with Crippen molar-refractivity contribution >= 4 is 17.7 Å². The van der Waals surface area contributed by atoms with Gasteiger partial charge in [-0.3, -0.25) is 14.4 Å². The van der Waals surface area contributed by atoms with Crippen molar-refractivity contribution in [3.63, 3.8) is 0 Å². The fourth-order valence-electron chi connectivity index (χ4n) is 3.20. The van der Waals surface area contributed by atoms with Crippen LogP contribution in [0.5, 0.6) is 0 Å². The van der Waals surface area contributed by atoms with Crippen LogP contribution < -0.4 is 4.90 Å². The van der Waals surface area contributed by atoms with Crippen LogP contribution in [0.15, 0.2) is 60.8 Å². The maximum atomic E-state index is 13.3. The van der Waals surface area contributed by atoms with Gasteiger partial charge in [0.25, 0.3) is 5.91 Å². The number of carbonyl (C=O) groups excluding carboxylic acids is 2. The highest BCUT2D eigenvalue weighted by molar-refractivity contribution is 6.09. The lowest BCUT2D eigenvalue weighted by Gasteiger charge is -2.25. The van der Waals surface area contributed by atoms with Crippen molar-refractivity contribution in [3.05, 3.63) is 83.0 Å². The van der Waals surface area contributed by atoms with Crippen molar-refractivity contribution in [1.82, 2.24) is 9.78 Å². The Kier molecular flexibility index (Phi) is 6.67. The average molecular weight is 405 g/mol. The predicted molar refractivity (Wildman–Crippen MR) is 117 cm³/mol. The van der Waals surface area contributed by atoms with E-state index in [4.69, 9.17) is 4.74 Å². The molecule has 30 heavy (non-hydrogen) atoms. The van der Waals surface area contributed by atoms with Crippen LogP contribution >= 0.6 is 0 Å². The number of rotatable bonds is 7. The second-order valence-electron chi connectivity index (χ2n) is 7.40. The summed E-state index contributed by atoms with van der Waals surface area (Å²) in [4.78, 5) is 27.5. The summed E-state index contributed by atoms with van der Waals surface area (Å²) in [6.45, 7) is 8.25. The van der Waals surface area contributed by atoms with Crippen molar-refractivity contribution in [1.29, 1.82) is 0 Å². The maximum Gasteiger partial charge on any atom is 0.343 e. The molecule has 3 rings (SSSR count). The minimum atomic E-state index is -0.492. The molecule has 0 aliphatic carbocycles. The highest BCUT2D eigenvalue weighted by Gasteiger charge is 2.29. The van der Waals surface area contributed by atoms with Gasteiger partial charge in [0.05, 0.1) is 13.2 Å². The molecule has 0 unspecified atom stereocenters. The highest BCUT2D eigenvalue weighted by atomic mass is 16.5. The second-order valence-corrected chi connectivity index (χ2v) is 7.40. The number of ether oxygens (including phenoxy) is 1. The van der Waals surface area contributed by atoms with E-state index in [1.807, 2.05) is 63.2 Å². The number of aromatic nitrogens is 2. The number of anilines is 1. The molecule has 6 nitrogen and oxygen atoms in total. The fourth-order valence-corrected chi connectivity index (χ4v) is 3.20. The van der Waals surface area contributed by atoms with E-state index in [0.29, 0.717) is 17.9 Å². The summed E-state index contributed by atoms with van der Waals surface area (Å²) in [5.41, 5.74) is 2.94.